The van der Waals surface area contributed by atoms with Gasteiger partial charge in [-0.1, -0.05) is 12.2 Å². The predicted molar refractivity (Wildman–Crippen MR) is 61.2 cm³/mol. The number of hydrogen-bond acceptors (Lipinski definition) is 4. The van der Waals surface area contributed by atoms with Gasteiger partial charge in [0, 0.05) is 0 Å². The third-order valence-corrected chi connectivity index (χ3v) is 2.03. The lowest BCUT2D eigenvalue weighted by Crippen LogP contribution is -2.31. The molecule has 1 heterocycles. The summed E-state index contributed by atoms with van der Waals surface area (Å²) in [6.45, 7) is 0. The Kier molecular flexibility index (Phi) is 3.03. The van der Waals surface area contributed by atoms with E-state index in [2.05, 4.69) is 20.7 Å². The molecule has 0 saturated heterocycles. The van der Waals surface area contributed by atoms with Gasteiger partial charge in [-0.25, -0.2) is 4.79 Å². The molecular formula is C5H5IN4O2S. The van der Waals surface area contributed by atoms with Gasteiger partial charge in [0.2, 0.25) is 0 Å². The first-order chi connectivity index (χ1) is 6.06. The van der Waals surface area contributed by atoms with E-state index in [1.165, 1.54) is 0 Å². The molecule has 5 N–H and O–H groups in total. The van der Waals surface area contributed by atoms with Crippen LogP contribution in [0.4, 0.5) is 5.82 Å². The van der Waals surface area contributed by atoms with Gasteiger partial charge in [0.05, 0.1) is 22.9 Å². The maximum Gasteiger partial charge on any atom is 0.327 e. The zero-order chi connectivity index (χ0) is 10.0. The summed E-state index contributed by atoms with van der Waals surface area (Å²) in [4.78, 5) is 26.3. The van der Waals surface area contributed by atoms with Gasteiger partial charge in [-0.2, -0.15) is 0 Å². The zero-order valence-electron chi connectivity index (χ0n) is 6.18. The minimum absolute atomic E-state index is 0.0725. The molecule has 0 radical (unpaired) electrons. The monoisotopic (exact) mass is 312 g/mol. The third-order valence-electron chi connectivity index (χ3n) is 1.28. The SMILES string of the molecule is NC(=S)c1c(NI)[nH]c(=O)[nH]c1=O. The Hall–Kier alpha value is -0.900. The molecule has 0 spiro atoms. The van der Waals surface area contributed by atoms with Crippen molar-refractivity contribution in [1.82, 2.24) is 9.97 Å². The van der Waals surface area contributed by atoms with Crippen molar-refractivity contribution >= 4 is 45.9 Å². The average molecular weight is 312 g/mol. The van der Waals surface area contributed by atoms with Gasteiger partial charge in [-0.15, -0.1) is 0 Å². The van der Waals surface area contributed by atoms with Crippen molar-refractivity contribution in [3.8, 4) is 0 Å². The largest absolute Gasteiger partial charge is 0.389 e. The maximum atomic E-state index is 11.2. The second-order valence-electron chi connectivity index (χ2n) is 2.12. The summed E-state index contributed by atoms with van der Waals surface area (Å²) < 4.78 is 2.59. The van der Waals surface area contributed by atoms with Crippen LogP contribution in [0, 0.1) is 0 Å². The van der Waals surface area contributed by atoms with Crippen LogP contribution in [0.25, 0.3) is 0 Å². The Morgan fingerprint density at radius 3 is 2.54 bits per heavy atom. The number of rotatable bonds is 2. The first-order valence-corrected chi connectivity index (χ1v) is 4.58. The van der Waals surface area contributed by atoms with Crippen molar-refractivity contribution in [2.75, 3.05) is 3.53 Å². The molecule has 0 atom stereocenters. The van der Waals surface area contributed by atoms with Crippen molar-refractivity contribution in [3.05, 3.63) is 26.4 Å². The summed E-state index contributed by atoms with van der Waals surface area (Å²) in [6, 6.07) is 0. The third kappa shape index (κ3) is 2.06. The first-order valence-electron chi connectivity index (χ1n) is 3.09. The highest BCUT2D eigenvalue weighted by Crippen LogP contribution is 2.05. The highest BCUT2D eigenvalue weighted by molar-refractivity contribution is 14.1. The first kappa shape index (κ1) is 10.2. The number of anilines is 1. The second-order valence-corrected chi connectivity index (χ2v) is 3.10. The molecule has 0 saturated carbocycles. The van der Waals surface area contributed by atoms with E-state index in [0.29, 0.717) is 0 Å². The van der Waals surface area contributed by atoms with Gasteiger partial charge in [-0.3, -0.25) is 14.8 Å². The van der Waals surface area contributed by atoms with Crippen LogP contribution in [-0.2, 0) is 0 Å². The molecule has 6 nitrogen and oxygen atoms in total. The fourth-order valence-electron chi connectivity index (χ4n) is 0.792. The Morgan fingerprint density at radius 1 is 1.46 bits per heavy atom. The molecule has 0 fully saturated rings. The minimum Gasteiger partial charge on any atom is -0.389 e. The van der Waals surface area contributed by atoms with E-state index in [4.69, 9.17) is 5.73 Å². The van der Waals surface area contributed by atoms with Crippen LogP contribution in [0.15, 0.2) is 9.59 Å². The van der Waals surface area contributed by atoms with Gasteiger partial charge in [-0.05, 0) is 0 Å². The molecule has 8 heteroatoms. The molecule has 1 aromatic heterocycles. The van der Waals surface area contributed by atoms with Gasteiger partial charge < -0.3 is 9.26 Å². The summed E-state index contributed by atoms with van der Waals surface area (Å²) in [5.41, 5.74) is 4.15. The Morgan fingerprint density at radius 2 is 2.08 bits per heavy atom. The molecule has 0 bridgehead atoms. The molecule has 0 unspecified atom stereocenters. The lowest BCUT2D eigenvalue weighted by Gasteiger charge is -2.02. The number of nitrogens with one attached hydrogen (secondary N) is 3. The van der Waals surface area contributed by atoms with Crippen molar-refractivity contribution < 1.29 is 0 Å². The summed E-state index contributed by atoms with van der Waals surface area (Å²) in [6.07, 6.45) is 0. The number of halogens is 1. The lowest BCUT2D eigenvalue weighted by atomic mass is 10.3. The smallest absolute Gasteiger partial charge is 0.327 e. The van der Waals surface area contributed by atoms with E-state index in [1.54, 1.807) is 22.9 Å². The number of thiocarbonyl (C=S) groups is 1. The summed E-state index contributed by atoms with van der Waals surface area (Å²) in [5, 5.41) is 0. The van der Waals surface area contributed by atoms with E-state index in [9.17, 15) is 9.59 Å². The van der Waals surface area contributed by atoms with E-state index < -0.39 is 11.2 Å². The predicted octanol–water partition coefficient (Wildman–Crippen LogP) is -0.541. The average Bonchev–Trinajstić information content (AvgIpc) is 2.01. The van der Waals surface area contributed by atoms with Gasteiger partial charge in [0.25, 0.3) is 5.56 Å². The molecular weight excluding hydrogens is 307 g/mol. The van der Waals surface area contributed by atoms with Gasteiger partial charge >= 0.3 is 5.69 Å². The summed E-state index contributed by atoms with van der Waals surface area (Å²) in [7, 11) is 0. The Labute approximate surface area is 91.4 Å². The zero-order valence-corrected chi connectivity index (χ0v) is 9.15. The Bertz CT molecular complexity index is 451. The van der Waals surface area contributed by atoms with Gasteiger partial charge in [0.1, 0.15) is 16.4 Å². The molecule has 0 aliphatic carbocycles. The van der Waals surface area contributed by atoms with E-state index in [1.807, 2.05) is 4.98 Å². The standard InChI is InChI=1S/C5H5IN4O2S/c6-10-3-1(2(7)13)4(11)9-5(12)8-3/h(H2,7,13)(H3,8,9,10,11,12). The van der Waals surface area contributed by atoms with Gasteiger partial charge in [0.15, 0.2) is 0 Å². The molecule has 13 heavy (non-hydrogen) atoms. The molecule has 0 amide bonds. The van der Waals surface area contributed by atoms with E-state index >= 15 is 0 Å². The van der Waals surface area contributed by atoms with Crippen LogP contribution < -0.4 is 20.5 Å². The van der Waals surface area contributed by atoms with Crippen LogP contribution in [0.1, 0.15) is 5.56 Å². The quantitative estimate of drug-likeness (QED) is 0.334. The molecule has 0 aromatic carbocycles. The second kappa shape index (κ2) is 3.87. The number of H-pyrrole nitrogens is 2. The van der Waals surface area contributed by atoms with Crippen molar-refractivity contribution in [2.45, 2.75) is 0 Å². The normalized spacial score (nSPS) is 9.62. The van der Waals surface area contributed by atoms with Crippen molar-refractivity contribution in [3.63, 3.8) is 0 Å². The van der Waals surface area contributed by atoms with Crippen LogP contribution >= 0.6 is 35.1 Å². The van der Waals surface area contributed by atoms with Crippen molar-refractivity contribution in [1.29, 1.82) is 0 Å². The van der Waals surface area contributed by atoms with Crippen molar-refractivity contribution in [2.24, 2.45) is 5.73 Å². The lowest BCUT2D eigenvalue weighted by molar-refractivity contribution is 1.04. The van der Waals surface area contributed by atoms with E-state index in [-0.39, 0.29) is 16.4 Å². The molecule has 1 rings (SSSR count). The topological polar surface area (TPSA) is 104 Å². The molecule has 1 aromatic rings. The number of nitrogens with two attached hydrogens (primary N) is 1. The Balaban J connectivity index is 3.57. The molecule has 70 valence electrons. The fraction of sp³-hybridized carbons (Fsp3) is 0. The van der Waals surface area contributed by atoms with E-state index in [0.717, 1.165) is 0 Å². The van der Waals surface area contributed by atoms with Crippen LogP contribution in [-0.4, -0.2) is 15.0 Å². The fourth-order valence-corrected chi connectivity index (χ4v) is 1.39. The maximum absolute atomic E-state index is 11.2. The highest BCUT2D eigenvalue weighted by atomic mass is 127. The summed E-state index contributed by atoms with van der Waals surface area (Å²) in [5.74, 6) is 0.210. The van der Waals surface area contributed by atoms with Crippen LogP contribution in [0.3, 0.4) is 0 Å². The minimum atomic E-state index is -0.607. The number of aromatic amines is 2. The highest BCUT2D eigenvalue weighted by Gasteiger charge is 2.10. The number of aromatic nitrogens is 2. The summed E-state index contributed by atoms with van der Waals surface area (Å²) >= 11 is 6.40. The van der Waals surface area contributed by atoms with Crippen LogP contribution in [0.5, 0.6) is 0 Å². The molecule has 0 aliphatic heterocycles. The van der Waals surface area contributed by atoms with Crippen LogP contribution in [0.2, 0.25) is 0 Å². The number of hydrogen-bond donors (Lipinski definition) is 4. The molecule has 0 aliphatic rings.